The molecule has 8 heteroatoms. The third-order valence-electron chi connectivity index (χ3n) is 4.71. The molecule has 0 aliphatic rings. The molecule has 3 aromatic rings. The standard InChI is InChI=1S/C22H24N2O5S/c1-16-9-10-19-17(13-16)14-20(30(27,28)18-7-4-3-5-8-18)22(26)24(19)15-21(25)23-11-6-12-29-2/h3-5,7-10,13-14H,6,11-12,15H2,1-2H3,(H,23,25). The van der Waals surface area contributed by atoms with Crippen molar-refractivity contribution < 1.29 is 17.9 Å². The third kappa shape index (κ3) is 4.60. The summed E-state index contributed by atoms with van der Waals surface area (Å²) < 4.78 is 32.4. The molecule has 0 unspecified atom stereocenters. The van der Waals surface area contributed by atoms with E-state index >= 15 is 0 Å². The van der Waals surface area contributed by atoms with E-state index in [1.165, 1.54) is 22.8 Å². The normalized spacial score (nSPS) is 11.5. The summed E-state index contributed by atoms with van der Waals surface area (Å²) in [5.41, 5.74) is 0.701. The molecule has 0 fully saturated rings. The molecule has 30 heavy (non-hydrogen) atoms. The minimum Gasteiger partial charge on any atom is -0.385 e. The van der Waals surface area contributed by atoms with Gasteiger partial charge in [0.25, 0.3) is 5.56 Å². The molecule has 0 aliphatic carbocycles. The number of benzene rings is 2. The summed E-state index contributed by atoms with van der Waals surface area (Å²) in [4.78, 5) is 25.3. The summed E-state index contributed by atoms with van der Waals surface area (Å²) in [6.45, 7) is 2.51. The lowest BCUT2D eigenvalue weighted by molar-refractivity contribution is -0.121. The topological polar surface area (TPSA) is 94.5 Å². The Labute approximate surface area is 175 Å². The largest absolute Gasteiger partial charge is 0.385 e. The van der Waals surface area contributed by atoms with Crippen molar-refractivity contribution in [2.75, 3.05) is 20.3 Å². The lowest BCUT2D eigenvalue weighted by Gasteiger charge is -2.14. The highest BCUT2D eigenvalue weighted by atomic mass is 32.2. The fraction of sp³-hybridized carbons (Fsp3) is 0.273. The quantitative estimate of drug-likeness (QED) is 0.556. The van der Waals surface area contributed by atoms with Crippen LogP contribution in [0, 0.1) is 6.92 Å². The number of amides is 1. The van der Waals surface area contributed by atoms with E-state index in [2.05, 4.69) is 5.32 Å². The summed E-state index contributed by atoms with van der Waals surface area (Å²) in [6.07, 6.45) is 0.638. The molecule has 0 saturated heterocycles. The number of nitrogens with one attached hydrogen (secondary N) is 1. The highest BCUT2D eigenvalue weighted by Gasteiger charge is 2.24. The van der Waals surface area contributed by atoms with Crippen molar-refractivity contribution in [2.45, 2.75) is 29.7 Å². The molecular formula is C22H24N2O5S. The van der Waals surface area contributed by atoms with Crippen LogP contribution in [-0.2, 0) is 25.9 Å². The van der Waals surface area contributed by atoms with Crippen LogP contribution < -0.4 is 10.9 Å². The average Bonchev–Trinajstić information content (AvgIpc) is 2.73. The maximum atomic E-state index is 13.2. The van der Waals surface area contributed by atoms with Crippen molar-refractivity contribution in [1.82, 2.24) is 9.88 Å². The molecule has 0 bridgehead atoms. The van der Waals surface area contributed by atoms with Crippen LogP contribution in [0.1, 0.15) is 12.0 Å². The molecule has 1 aromatic heterocycles. The van der Waals surface area contributed by atoms with E-state index in [0.29, 0.717) is 30.5 Å². The van der Waals surface area contributed by atoms with Gasteiger partial charge in [0, 0.05) is 25.6 Å². The Morgan fingerprint density at radius 3 is 2.53 bits per heavy atom. The molecule has 3 rings (SSSR count). The molecule has 2 aromatic carbocycles. The molecule has 158 valence electrons. The zero-order valence-corrected chi connectivity index (χ0v) is 17.7. The highest BCUT2D eigenvalue weighted by Crippen LogP contribution is 2.22. The maximum absolute atomic E-state index is 13.2. The average molecular weight is 429 g/mol. The molecule has 0 radical (unpaired) electrons. The maximum Gasteiger partial charge on any atom is 0.270 e. The van der Waals surface area contributed by atoms with Crippen LogP contribution in [0.5, 0.6) is 0 Å². The fourth-order valence-corrected chi connectivity index (χ4v) is 4.59. The van der Waals surface area contributed by atoms with Gasteiger partial charge in [-0.05, 0) is 43.7 Å². The Morgan fingerprint density at radius 1 is 1.10 bits per heavy atom. The first-order valence-electron chi connectivity index (χ1n) is 9.54. The van der Waals surface area contributed by atoms with Gasteiger partial charge in [-0.3, -0.25) is 14.2 Å². The van der Waals surface area contributed by atoms with Crippen molar-refractivity contribution in [1.29, 1.82) is 0 Å². The smallest absolute Gasteiger partial charge is 0.270 e. The lowest BCUT2D eigenvalue weighted by Crippen LogP contribution is -2.35. The Balaban J connectivity index is 2.09. The summed E-state index contributed by atoms with van der Waals surface area (Å²) in [5.74, 6) is -0.371. The molecule has 0 atom stereocenters. The van der Waals surface area contributed by atoms with Crippen molar-refractivity contribution in [3.05, 3.63) is 70.5 Å². The van der Waals surface area contributed by atoms with Crippen LogP contribution >= 0.6 is 0 Å². The molecule has 0 aliphatic heterocycles. The monoisotopic (exact) mass is 428 g/mol. The minimum atomic E-state index is -4.04. The predicted molar refractivity (Wildman–Crippen MR) is 114 cm³/mol. The Hall–Kier alpha value is -2.97. The molecule has 0 saturated carbocycles. The number of methoxy groups -OCH3 is 1. The first kappa shape index (κ1) is 21.7. The van der Waals surface area contributed by atoms with Crippen LogP contribution in [0.2, 0.25) is 0 Å². The number of rotatable bonds is 8. The van der Waals surface area contributed by atoms with E-state index in [4.69, 9.17) is 4.74 Å². The van der Waals surface area contributed by atoms with Crippen molar-refractivity contribution in [2.24, 2.45) is 0 Å². The van der Waals surface area contributed by atoms with Gasteiger partial charge in [0.05, 0.1) is 10.4 Å². The second-order valence-electron chi connectivity index (χ2n) is 6.97. The number of nitrogens with zero attached hydrogens (tertiary/aromatic N) is 1. The van der Waals surface area contributed by atoms with E-state index in [0.717, 1.165) is 5.56 Å². The lowest BCUT2D eigenvalue weighted by atomic mass is 10.1. The molecule has 1 amide bonds. The number of aryl methyl sites for hydroxylation is 1. The molecule has 1 heterocycles. The number of sulfone groups is 1. The zero-order chi connectivity index (χ0) is 21.7. The SMILES string of the molecule is COCCCNC(=O)Cn1c(=O)c(S(=O)(=O)c2ccccc2)cc2cc(C)ccc21. The summed E-state index contributed by atoms with van der Waals surface area (Å²) in [6, 6.07) is 14.5. The van der Waals surface area contributed by atoms with E-state index in [1.54, 1.807) is 37.4 Å². The second kappa shape index (κ2) is 9.23. The number of carbonyl (C=O) groups excluding carboxylic acids is 1. The van der Waals surface area contributed by atoms with Gasteiger partial charge in [-0.2, -0.15) is 0 Å². The van der Waals surface area contributed by atoms with E-state index in [-0.39, 0.29) is 22.2 Å². The molecule has 1 N–H and O–H groups in total. The van der Waals surface area contributed by atoms with Gasteiger partial charge in [-0.25, -0.2) is 8.42 Å². The van der Waals surface area contributed by atoms with E-state index < -0.39 is 15.4 Å². The molecule has 7 nitrogen and oxygen atoms in total. The summed E-state index contributed by atoms with van der Waals surface area (Å²) >= 11 is 0. The van der Waals surface area contributed by atoms with Crippen molar-refractivity contribution >= 4 is 26.6 Å². The van der Waals surface area contributed by atoms with Crippen LogP contribution in [-0.4, -0.2) is 39.2 Å². The minimum absolute atomic E-state index is 0.0321. The number of hydrogen-bond acceptors (Lipinski definition) is 5. The summed E-state index contributed by atoms with van der Waals surface area (Å²) in [7, 11) is -2.46. The first-order chi connectivity index (χ1) is 14.3. The van der Waals surface area contributed by atoms with Gasteiger partial charge in [-0.15, -0.1) is 0 Å². The van der Waals surface area contributed by atoms with Gasteiger partial charge < -0.3 is 10.1 Å². The van der Waals surface area contributed by atoms with Crippen molar-refractivity contribution in [3.8, 4) is 0 Å². The van der Waals surface area contributed by atoms with Gasteiger partial charge >= 0.3 is 0 Å². The number of ether oxygens (including phenoxy) is 1. The summed E-state index contributed by atoms with van der Waals surface area (Å²) in [5, 5.41) is 3.31. The van der Waals surface area contributed by atoms with Gasteiger partial charge in [0.2, 0.25) is 15.7 Å². The van der Waals surface area contributed by atoms with Crippen LogP contribution in [0.15, 0.2) is 69.2 Å². The molecule has 0 spiro atoms. The number of carbonyl (C=O) groups is 1. The fourth-order valence-electron chi connectivity index (χ4n) is 3.20. The van der Waals surface area contributed by atoms with Crippen LogP contribution in [0.4, 0.5) is 0 Å². The van der Waals surface area contributed by atoms with Gasteiger partial charge in [0.1, 0.15) is 11.4 Å². The van der Waals surface area contributed by atoms with Crippen LogP contribution in [0.25, 0.3) is 10.9 Å². The highest BCUT2D eigenvalue weighted by molar-refractivity contribution is 7.91. The van der Waals surface area contributed by atoms with E-state index in [1.807, 2.05) is 13.0 Å². The van der Waals surface area contributed by atoms with Crippen LogP contribution in [0.3, 0.4) is 0 Å². The molecular weight excluding hydrogens is 404 g/mol. The van der Waals surface area contributed by atoms with Crippen molar-refractivity contribution in [3.63, 3.8) is 0 Å². The second-order valence-corrected chi connectivity index (χ2v) is 8.89. The Kier molecular flexibility index (Phi) is 6.69. The first-order valence-corrected chi connectivity index (χ1v) is 11.0. The zero-order valence-electron chi connectivity index (χ0n) is 16.9. The van der Waals surface area contributed by atoms with Gasteiger partial charge in [0.15, 0.2) is 0 Å². The number of hydrogen-bond donors (Lipinski definition) is 1. The van der Waals surface area contributed by atoms with Gasteiger partial charge in [-0.1, -0.05) is 29.8 Å². The number of pyridine rings is 1. The predicted octanol–water partition coefficient (Wildman–Crippen LogP) is 2.30. The third-order valence-corrected chi connectivity index (χ3v) is 6.47. The Morgan fingerprint density at radius 2 is 1.83 bits per heavy atom. The number of fused-ring (bicyclic) bond motifs is 1. The van der Waals surface area contributed by atoms with E-state index in [9.17, 15) is 18.0 Å². The number of aromatic nitrogens is 1. The Bertz CT molecular complexity index is 1220.